The van der Waals surface area contributed by atoms with E-state index in [0.717, 1.165) is 44.1 Å². The quantitative estimate of drug-likeness (QED) is 0.415. The van der Waals surface area contributed by atoms with Crippen LogP contribution in [0.15, 0.2) is 12.1 Å². The van der Waals surface area contributed by atoms with Gasteiger partial charge in [0, 0.05) is 74.5 Å². The zero-order valence-electron chi connectivity index (χ0n) is 11.7. The predicted molar refractivity (Wildman–Crippen MR) is 70.3 cm³/mol. The van der Waals surface area contributed by atoms with E-state index >= 15 is 0 Å². The molecule has 0 radical (unpaired) electrons. The minimum Gasteiger partial charge on any atom is -0.663 e. The molecule has 1 aromatic heterocycles. The molecule has 0 atom stereocenters. The van der Waals surface area contributed by atoms with Crippen LogP contribution in [0.1, 0.15) is 17.0 Å². The number of nitrogens with zero attached hydrogens (tertiary/aromatic N) is 4. The molecule has 2 heterocycles. The summed E-state index contributed by atoms with van der Waals surface area (Å²) in [6, 6.07) is 4.28. The Kier molecular flexibility index (Phi) is 11.4. The number of rotatable bonds is 0. The van der Waals surface area contributed by atoms with Gasteiger partial charge >= 0.3 is 0 Å². The third-order valence-corrected chi connectivity index (χ3v) is 2.84. The average Bonchev–Trinajstić information content (AvgIpc) is 2.25. The monoisotopic (exact) mass is 708 g/mol. The minimum atomic E-state index is 0. The van der Waals surface area contributed by atoms with E-state index in [0.29, 0.717) is 6.54 Å². The van der Waals surface area contributed by atoms with E-state index in [2.05, 4.69) is 46.6 Å². The number of aromatic nitrogens is 1. The van der Waals surface area contributed by atoms with E-state index in [4.69, 9.17) is 0 Å². The van der Waals surface area contributed by atoms with Gasteiger partial charge in [0.25, 0.3) is 0 Å². The summed E-state index contributed by atoms with van der Waals surface area (Å²) >= 11 is 0. The van der Waals surface area contributed by atoms with Crippen LogP contribution in [0.5, 0.6) is 0 Å². The first kappa shape index (κ1) is 20.1. The van der Waals surface area contributed by atoms with Gasteiger partial charge in [0.2, 0.25) is 0 Å². The smallest absolute Gasteiger partial charge is 0.0549 e. The largest absolute Gasteiger partial charge is 0.663 e. The van der Waals surface area contributed by atoms with Gasteiger partial charge in [-0.2, -0.15) is 13.1 Å². The number of pyridine rings is 1. The van der Waals surface area contributed by atoms with Crippen molar-refractivity contribution < 1.29 is 62.2 Å². The van der Waals surface area contributed by atoms with Crippen LogP contribution in [0, 0.1) is 69.2 Å². The van der Waals surface area contributed by atoms with Gasteiger partial charge in [0.15, 0.2) is 0 Å². The molecule has 0 fully saturated rings. The van der Waals surface area contributed by atoms with Crippen molar-refractivity contribution in [2.24, 2.45) is 0 Å². The molecule has 2 rings (SSSR count). The zero-order chi connectivity index (χ0) is 12.1. The maximum atomic E-state index is 4.65. The van der Waals surface area contributed by atoms with Gasteiger partial charge in [-0.3, -0.25) is 4.98 Å². The first-order valence-electron chi connectivity index (χ1n) is 6.15. The Morgan fingerprint density at radius 3 is 2.53 bits per heavy atom. The van der Waals surface area contributed by atoms with E-state index in [1.165, 1.54) is 5.56 Å². The topological polar surface area (TPSA) is 44.3 Å². The van der Waals surface area contributed by atoms with E-state index in [9.17, 15) is 0 Å². The third-order valence-electron chi connectivity index (χ3n) is 2.84. The van der Waals surface area contributed by atoms with Crippen molar-refractivity contribution in [2.45, 2.75) is 20.0 Å². The van der Waals surface area contributed by atoms with E-state index in [-0.39, 0.29) is 62.2 Å². The van der Waals surface area contributed by atoms with Gasteiger partial charge in [-0.25, -0.2) is 0 Å². The number of hydrogen-bond donors (Lipinski definition) is 0. The van der Waals surface area contributed by atoms with Crippen molar-refractivity contribution >= 4 is 0 Å². The summed E-state index contributed by atoms with van der Waals surface area (Å²) in [6.45, 7) is 7.27. The van der Waals surface area contributed by atoms with Crippen LogP contribution in [0.3, 0.4) is 0 Å². The van der Waals surface area contributed by atoms with Crippen LogP contribution in [0.25, 0.3) is 10.6 Å². The molecule has 1 aliphatic rings. The second kappa shape index (κ2) is 10.8. The predicted octanol–water partition coefficient (Wildman–Crippen LogP) is 2.08. The van der Waals surface area contributed by atoms with Crippen molar-refractivity contribution in [3.63, 3.8) is 0 Å². The molecule has 0 saturated carbocycles. The van der Waals surface area contributed by atoms with Crippen molar-refractivity contribution in [3.05, 3.63) is 39.7 Å². The molecule has 19 heavy (non-hydrogen) atoms. The first-order chi connectivity index (χ1) is 8.24. The summed E-state index contributed by atoms with van der Waals surface area (Å²) in [6.07, 6.45) is 0. The molecule has 0 spiro atoms. The molecule has 0 amide bonds. The molecule has 0 aromatic carbocycles. The number of likely N-dealkylation sites (N-methyl/N-ethyl adjacent to an activating group) is 1. The maximum Gasteiger partial charge on any atom is 0.0549 e. The van der Waals surface area contributed by atoms with Crippen molar-refractivity contribution in [1.29, 1.82) is 0 Å². The molecule has 6 heteroatoms. The fourth-order valence-corrected chi connectivity index (χ4v) is 2.02. The van der Waals surface area contributed by atoms with Crippen molar-refractivity contribution in [3.8, 4) is 0 Å². The van der Waals surface area contributed by atoms with Crippen LogP contribution in [-0.4, -0.2) is 43.1 Å². The standard InChI is InChI=1S/C13H20N4.2U/c1-11-7-12-9-15-4-3-14-5-6-17(2)10-13(8-11)16-12;;/h7-8H,3-6,9-10H2,1-2H3;;/q-2;;. The van der Waals surface area contributed by atoms with Gasteiger partial charge < -0.3 is 15.5 Å². The van der Waals surface area contributed by atoms with Gasteiger partial charge in [-0.15, -0.1) is 13.1 Å². The summed E-state index contributed by atoms with van der Waals surface area (Å²) in [4.78, 5) is 6.92. The van der Waals surface area contributed by atoms with Gasteiger partial charge in [0.05, 0.1) is 5.69 Å². The molecule has 4 nitrogen and oxygen atoms in total. The summed E-state index contributed by atoms with van der Waals surface area (Å²) in [7, 11) is 2.12. The van der Waals surface area contributed by atoms with Gasteiger partial charge in [-0.1, -0.05) is 0 Å². The Balaban J connectivity index is 0.00000162. The van der Waals surface area contributed by atoms with Crippen LogP contribution in [-0.2, 0) is 13.1 Å². The Morgan fingerprint density at radius 2 is 1.74 bits per heavy atom. The average molecular weight is 708 g/mol. The summed E-state index contributed by atoms with van der Waals surface area (Å²) < 4.78 is 0. The van der Waals surface area contributed by atoms with Crippen molar-refractivity contribution in [2.75, 3.05) is 33.2 Å². The fraction of sp³-hybridized carbons (Fsp3) is 0.615. The van der Waals surface area contributed by atoms with Crippen LogP contribution in [0.2, 0.25) is 0 Å². The second-order valence-electron chi connectivity index (χ2n) is 4.64. The Hall–Kier alpha value is 1.13. The Bertz CT molecular complexity index is 374. The van der Waals surface area contributed by atoms with E-state index in [1.54, 1.807) is 0 Å². The number of aryl methyl sites for hydroxylation is 1. The maximum absolute atomic E-state index is 4.65. The summed E-state index contributed by atoms with van der Waals surface area (Å²) in [5, 5.41) is 8.92. The zero-order valence-corrected chi connectivity index (χ0v) is 20.0. The summed E-state index contributed by atoms with van der Waals surface area (Å²) in [5.74, 6) is 0. The van der Waals surface area contributed by atoms with Gasteiger partial charge in [-0.05, 0) is 38.2 Å². The van der Waals surface area contributed by atoms with Crippen LogP contribution in [0.4, 0.5) is 0 Å². The fourth-order valence-electron chi connectivity index (χ4n) is 2.02. The van der Waals surface area contributed by atoms with E-state index in [1.807, 2.05) is 0 Å². The number of fused-ring (bicyclic) bond motifs is 2. The molecule has 0 N–H and O–H groups in total. The SMILES string of the molecule is Cc1cc2nc(c1)CN(C)CC[N-]CC[N-]C2.[U].[U]. The first-order valence-corrected chi connectivity index (χ1v) is 6.15. The molecular weight excluding hydrogens is 688 g/mol. The molecule has 0 unspecified atom stereocenters. The van der Waals surface area contributed by atoms with Crippen LogP contribution >= 0.6 is 0 Å². The van der Waals surface area contributed by atoms with Crippen LogP contribution < -0.4 is 0 Å². The third kappa shape index (κ3) is 7.63. The van der Waals surface area contributed by atoms with E-state index < -0.39 is 0 Å². The van der Waals surface area contributed by atoms with Crippen molar-refractivity contribution in [1.82, 2.24) is 9.88 Å². The normalized spacial score (nSPS) is 17.4. The Labute approximate surface area is 163 Å². The molecule has 1 aliphatic heterocycles. The molecule has 0 saturated heterocycles. The molecular formula is C13H20N4U2-2. The number of hydrogen-bond acceptors (Lipinski definition) is 2. The molecule has 2 bridgehead atoms. The summed E-state index contributed by atoms with van der Waals surface area (Å²) in [5.41, 5.74) is 3.49. The molecule has 102 valence electrons. The minimum absolute atomic E-state index is 0. The molecule has 0 aliphatic carbocycles. The second-order valence-corrected chi connectivity index (χ2v) is 4.64. The van der Waals surface area contributed by atoms with Gasteiger partial charge in [0.1, 0.15) is 0 Å². The molecule has 1 aromatic rings. The Morgan fingerprint density at radius 1 is 1.05 bits per heavy atom.